The molecule has 2 N–H and O–H groups in total. The number of halogens is 1. The second-order valence-corrected chi connectivity index (χ2v) is 8.75. The third-order valence-corrected chi connectivity index (χ3v) is 6.54. The van der Waals surface area contributed by atoms with Crippen molar-refractivity contribution in [2.45, 2.75) is 18.1 Å². The number of thioether (sulfide) groups is 1. The van der Waals surface area contributed by atoms with Gasteiger partial charge < -0.3 is 0 Å². The monoisotopic (exact) mass is 360 g/mol. The van der Waals surface area contributed by atoms with Crippen LogP contribution in [0.4, 0.5) is 4.39 Å². The van der Waals surface area contributed by atoms with Gasteiger partial charge in [-0.05, 0) is 24.1 Å². The first kappa shape index (κ1) is 17.7. The Morgan fingerprint density at radius 3 is 2.43 bits per heavy atom. The zero-order valence-corrected chi connectivity index (χ0v) is 13.9. The Bertz CT molecular complexity index is 677. The van der Waals surface area contributed by atoms with Gasteiger partial charge in [-0.2, -0.15) is 0 Å². The Kier molecular flexibility index (Phi) is 6.00. The van der Waals surface area contributed by atoms with Crippen LogP contribution in [0.1, 0.15) is 12.0 Å². The minimum absolute atomic E-state index is 0.0224. The number of hydrogen-bond acceptors (Lipinski definition) is 5. The number of carbonyl (C=O) groups excluding carboxylic acids is 2. The van der Waals surface area contributed by atoms with Crippen molar-refractivity contribution in [2.24, 2.45) is 0 Å². The largest absolute Gasteiger partial charge is 0.273 e. The third kappa shape index (κ3) is 6.19. The van der Waals surface area contributed by atoms with Crippen molar-refractivity contribution in [2.75, 3.05) is 17.3 Å². The van der Waals surface area contributed by atoms with Crippen LogP contribution in [-0.4, -0.2) is 42.7 Å². The average Bonchev–Trinajstić information content (AvgIpc) is 2.85. The number of carbonyl (C=O) groups is 2. The van der Waals surface area contributed by atoms with Crippen LogP contribution in [0, 0.1) is 5.82 Å². The first-order chi connectivity index (χ1) is 10.8. The van der Waals surface area contributed by atoms with E-state index in [0.29, 0.717) is 12.0 Å². The molecule has 0 spiro atoms. The van der Waals surface area contributed by atoms with E-state index in [9.17, 15) is 22.4 Å². The zero-order chi connectivity index (χ0) is 16.9. The standard InChI is InChI=1S/C14H17FN2O4S2/c15-11-3-1-10(2-4-11)7-13(18)16-17-14(19)8-22-12-5-6-23(20,21)9-12/h1-4,12H,5-9H2,(H,16,18)(H,17,19)/t12-/m1/s1. The minimum atomic E-state index is -2.96. The number of rotatable bonds is 5. The van der Waals surface area contributed by atoms with Crippen LogP contribution in [0.25, 0.3) is 0 Å². The molecule has 0 radical (unpaired) electrons. The molecule has 23 heavy (non-hydrogen) atoms. The first-order valence-corrected chi connectivity index (χ1v) is 9.85. The molecule has 1 aliphatic rings. The molecule has 1 heterocycles. The molecule has 2 rings (SSSR count). The molecule has 1 aliphatic heterocycles. The normalized spacial score (nSPS) is 19.3. The molecule has 2 amide bonds. The van der Waals surface area contributed by atoms with E-state index < -0.39 is 21.7 Å². The Hall–Kier alpha value is -1.61. The van der Waals surface area contributed by atoms with Crippen LogP contribution in [-0.2, 0) is 25.8 Å². The van der Waals surface area contributed by atoms with E-state index in [1.807, 2.05) is 0 Å². The van der Waals surface area contributed by atoms with Crippen molar-refractivity contribution < 1.29 is 22.4 Å². The molecule has 1 atom stereocenters. The van der Waals surface area contributed by atoms with Crippen molar-refractivity contribution in [1.82, 2.24) is 10.9 Å². The van der Waals surface area contributed by atoms with Gasteiger partial charge in [0.05, 0.1) is 23.7 Å². The lowest BCUT2D eigenvalue weighted by Crippen LogP contribution is -2.43. The molecule has 9 heteroatoms. The van der Waals surface area contributed by atoms with Crippen molar-refractivity contribution in [3.63, 3.8) is 0 Å². The van der Waals surface area contributed by atoms with Crippen molar-refractivity contribution in [1.29, 1.82) is 0 Å². The molecule has 126 valence electrons. The van der Waals surface area contributed by atoms with Gasteiger partial charge >= 0.3 is 0 Å². The average molecular weight is 360 g/mol. The maximum Gasteiger partial charge on any atom is 0.248 e. The van der Waals surface area contributed by atoms with Gasteiger partial charge in [0.2, 0.25) is 11.8 Å². The Labute approximate surface area is 138 Å². The zero-order valence-electron chi connectivity index (χ0n) is 12.2. The number of hydrazine groups is 1. The lowest BCUT2D eigenvalue weighted by Gasteiger charge is -2.09. The number of benzene rings is 1. The summed E-state index contributed by atoms with van der Waals surface area (Å²) in [4.78, 5) is 23.3. The predicted molar refractivity (Wildman–Crippen MR) is 85.9 cm³/mol. The lowest BCUT2D eigenvalue weighted by atomic mass is 10.1. The molecule has 0 saturated carbocycles. The van der Waals surface area contributed by atoms with Gasteiger partial charge in [0.25, 0.3) is 0 Å². The maximum absolute atomic E-state index is 12.7. The van der Waals surface area contributed by atoms with Crippen LogP contribution >= 0.6 is 11.8 Å². The topological polar surface area (TPSA) is 92.3 Å². The highest BCUT2D eigenvalue weighted by Gasteiger charge is 2.28. The first-order valence-electron chi connectivity index (χ1n) is 6.98. The highest BCUT2D eigenvalue weighted by atomic mass is 32.2. The highest BCUT2D eigenvalue weighted by Crippen LogP contribution is 2.23. The SMILES string of the molecule is O=C(CS[C@@H]1CCS(=O)(=O)C1)NNC(=O)Cc1ccc(F)cc1. The summed E-state index contributed by atoms with van der Waals surface area (Å²) in [6.45, 7) is 0. The molecular weight excluding hydrogens is 343 g/mol. The van der Waals surface area contributed by atoms with Gasteiger partial charge in [0.15, 0.2) is 9.84 Å². The van der Waals surface area contributed by atoms with E-state index in [4.69, 9.17) is 0 Å². The molecule has 1 aromatic rings. The predicted octanol–water partition coefficient (Wildman–Crippen LogP) is 0.436. The Morgan fingerprint density at radius 2 is 1.83 bits per heavy atom. The lowest BCUT2D eigenvalue weighted by molar-refractivity contribution is -0.127. The number of hydrogen-bond donors (Lipinski definition) is 2. The Balaban J connectivity index is 1.66. The highest BCUT2D eigenvalue weighted by molar-refractivity contribution is 8.02. The maximum atomic E-state index is 12.7. The molecule has 0 aromatic heterocycles. The number of amides is 2. The van der Waals surface area contributed by atoms with Gasteiger partial charge in [-0.3, -0.25) is 20.4 Å². The second-order valence-electron chi connectivity index (χ2n) is 5.24. The molecule has 0 unspecified atom stereocenters. The second kappa shape index (κ2) is 7.78. The van der Waals surface area contributed by atoms with Crippen molar-refractivity contribution in [3.05, 3.63) is 35.6 Å². The van der Waals surface area contributed by atoms with E-state index in [0.717, 1.165) is 0 Å². The van der Waals surface area contributed by atoms with Crippen LogP contribution in [0.2, 0.25) is 0 Å². The van der Waals surface area contributed by atoms with Crippen LogP contribution in [0.5, 0.6) is 0 Å². The molecule has 0 aliphatic carbocycles. The van der Waals surface area contributed by atoms with Gasteiger partial charge in [-0.25, -0.2) is 12.8 Å². The summed E-state index contributed by atoms with van der Waals surface area (Å²) < 4.78 is 35.3. The minimum Gasteiger partial charge on any atom is -0.273 e. The molecule has 0 bridgehead atoms. The molecule has 6 nitrogen and oxygen atoms in total. The molecule has 1 aromatic carbocycles. The fourth-order valence-corrected chi connectivity index (χ4v) is 5.54. The van der Waals surface area contributed by atoms with Crippen LogP contribution < -0.4 is 10.9 Å². The van der Waals surface area contributed by atoms with E-state index in [-0.39, 0.29) is 34.7 Å². The smallest absolute Gasteiger partial charge is 0.248 e. The van der Waals surface area contributed by atoms with E-state index in [1.165, 1.54) is 36.0 Å². The third-order valence-electron chi connectivity index (χ3n) is 3.26. The van der Waals surface area contributed by atoms with Crippen molar-refractivity contribution in [3.8, 4) is 0 Å². The van der Waals surface area contributed by atoms with Gasteiger partial charge in [0, 0.05) is 5.25 Å². The van der Waals surface area contributed by atoms with E-state index >= 15 is 0 Å². The van der Waals surface area contributed by atoms with Crippen LogP contribution in [0.15, 0.2) is 24.3 Å². The Morgan fingerprint density at radius 1 is 1.17 bits per heavy atom. The summed E-state index contributed by atoms with van der Waals surface area (Å²) in [7, 11) is -2.96. The summed E-state index contributed by atoms with van der Waals surface area (Å²) in [5, 5.41) is -0.0688. The van der Waals surface area contributed by atoms with Gasteiger partial charge in [-0.15, -0.1) is 11.8 Å². The molecule has 1 saturated heterocycles. The summed E-state index contributed by atoms with van der Waals surface area (Å²) in [5.41, 5.74) is 5.18. The summed E-state index contributed by atoms with van der Waals surface area (Å²) >= 11 is 1.27. The van der Waals surface area contributed by atoms with Gasteiger partial charge in [0.1, 0.15) is 5.82 Å². The van der Waals surface area contributed by atoms with Crippen molar-refractivity contribution >= 4 is 33.4 Å². The van der Waals surface area contributed by atoms with Crippen LogP contribution in [0.3, 0.4) is 0 Å². The van der Waals surface area contributed by atoms with Gasteiger partial charge in [-0.1, -0.05) is 12.1 Å². The van der Waals surface area contributed by atoms with E-state index in [1.54, 1.807) is 0 Å². The summed E-state index contributed by atoms with van der Waals surface area (Å²) in [6, 6.07) is 5.50. The number of nitrogens with one attached hydrogen (secondary N) is 2. The quantitative estimate of drug-likeness (QED) is 0.743. The fraction of sp³-hybridized carbons (Fsp3) is 0.429. The molecular formula is C14H17FN2O4S2. The number of sulfone groups is 1. The summed E-state index contributed by atoms with van der Waals surface area (Å²) in [6.07, 6.45) is 0.575. The fourth-order valence-electron chi connectivity index (χ4n) is 2.09. The van der Waals surface area contributed by atoms with E-state index in [2.05, 4.69) is 10.9 Å². The summed E-state index contributed by atoms with van der Waals surface area (Å²) in [5.74, 6) is -0.849. The molecule has 1 fully saturated rings.